The van der Waals surface area contributed by atoms with Crippen LogP contribution in [0.3, 0.4) is 0 Å². The van der Waals surface area contributed by atoms with Crippen LogP contribution in [0.1, 0.15) is 37.7 Å². The average molecular weight is 637 g/mol. The Balaban J connectivity index is 1.77. The first-order chi connectivity index (χ1) is 19.1. The van der Waals surface area contributed by atoms with Crippen molar-refractivity contribution in [3.8, 4) is 0 Å². The number of anilines is 1. The number of likely N-dealkylation sites (tertiary alicyclic amines) is 1. The number of amides is 3. The molecule has 3 fully saturated rings. The largest absolute Gasteiger partial charge is 0.396 e. The van der Waals surface area contributed by atoms with Crippen molar-refractivity contribution in [2.45, 2.75) is 61.6 Å². The molecule has 3 aliphatic heterocycles. The van der Waals surface area contributed by atoms with Crippen LogP contribution in [0.2, 0.25) is 5.02 Å². The van der Waals surface area contributed by atoms with E-state index in [1.54, 1.807) is 40.0 Å². The molecule has 4 rings (SSSR count). The zero-order valence-corrected chi connectivity index (χ0v) is 25.6. The molecule has 0 radical (unpaired) electrons. The van der Waals surface area contributed by atoms with E-state index in [1.165, 1.54) is 0 Å². The minimum Gasteiger partial charge on any atom is -0.396 e. The number of hydrogen-bond acceptors (Lipinski definition) is 5. The highest BCUT2D eigenvalue weighted by Crippen LogP contribution is 2.60. The van der Waals surface area contributed by atoms with E-state index >= 15 is 0 Å². The third-order valence-corrected chi connectivity index (χ3v) is 9.58. The van der Waals surface area contributed by atoms with Crippen LogP contribution >= 0.6 is 27.5 Å². The Morgan fingerprint density at radius 3 is 2.55 bits per heavy atom. The van der Waals surface area contributed by atoms with E-state index in [9.17, 15) is 19.5 Å². The molecule has 3 unspecified atom stereocenters. The molecule has 3 aliphatic rings. The monoisotopic (exact) mass is 635 g/mol. The molecule has 1 aromatic carbocycles. The Morgan fingerprint density at radius 1 is 1.20 bits per heavy atom. The van der Waals surface area contributed by atoms with Gasteiger partial charge in [0.1, 0.15) is 11.6 Å². The molecule has 0 aromatic heterocycles. The highest BCUT2D eigenvalue weighted by molar-refractivity contribution is 9.09. The van der Waals surface area contributed by atoms with Crippen LogP contribution in [0.4, 0.5) is 5.69 Å². The van der Waals surface area contributed by atoms with Crippen molar-refractivity contribution in [2.75, 3.05) is 38.2 Å². The summed E-state index contributed by atoms with van der Waals surface area (Å²) >= 11 is 10.3. The Morgan fingerprint density at radius 2 is 1.90 bits per heavy atom. The molecule has 1 spiro atoms. The lowest BCUT2D eigenvalue weighted by Crippen LogP contribution is -2.57. The van der Waals surface area contributed by atoms with Crippen molar-refractivity contribution in [1.29, 1.82) is 0 Å². The molecule has 0 aliphatic carbocycles. The fourth-order valence-electron chi connectivity index (χ4n) is 6.75. The van der Waals surface area contributed by atoms with Gasteiger partial charge in [-0.15, -0.1) is 13.2 Å². The second-order valence-electron chi connectivity index (χ2n) is 11.0. The molecule has 1 N–H and O–H groups in total. The topological polar surface area (TPSA) is 90.4 Å². The summed E-state index contributed by atoms with van der Waals surface area (Å²) in [5.41, 5.74) is 0.249. The summed E-state index contributed by atoms with van der Waals surface area (Å²) in [5.74, 6) is -2.18. The van der Waals surface area contributed by atoms with Gasteiger partial charge in [0.15, 0.2) is 0 Å². The van der Waals surface area contributed by atoms with Gasteiger partial charge >= 0.3 is 0 Å². The molecule has 10 heteroatoms. The Hall–Kier alpha value is -2.20. The molecule has 0 saturated carbocycles. The fraction of sp³-hybridized carbons (Fsp3) is 0.567. The van der Waals surface area contributed by atoms with Gasteiger partial charge in [-0.3, -0.25) is 14.4 Å². The van der Waals surface area contributed by atoms with E-state index in [0.29, 0.717) is 43.1 Å². The summed E-state index contributed by atoms with van der Waals surface area (Å²) in [4.78, 5) is 47.2. The molecule has 218 valence electrons. The maximum absolute atomic E-state index is 14.7. The summed E-state index contributed by atoms with van der Waals surface area (Å²) in [6.45, 7) is 10.5. The average Bonchev–Trinajstić information content (AvgIpc) is 3.50. The van der Waals surface area contributed by atoms with Gasteiger partial charge in [0.05, 0.1) is 28.6 Å². The van der Waals surface area contributed by atoms with Gasteiger partial charge in [0.2, 0.25) is 11.8 Å². The summed E-state index contributed by atoms with van der Waals surface area (Å²) < 4.78 is 6.64. The van der Waals surface area contributed by atoms with Crippen LogP contribution in [0.15, 0.2) is 43.5 Å². The van der Waals surface area contributed by atoms with Crippen LogP contribution in [0, 0.1) is 18.8 Å². The molecule has 8 nitrogen and oxygen atoms in total. The normalized spacial score (nSPS) is 28.5. The fourth-order valence-corrected chi connectivity index (χ4v) is 8.02. The summed E-state index contributed by atoms with van der Waals surface area (Å²) in [7, 11) is 1.69. The first-order valence-electron chi connectivity index (χ1n) is 13.9. The molecule has 2 bridgehead atoms. The van der Waals surface area contributed by atoms with Crippen LogP contribution in [0.25, 0.3) is 0 Å². The molecule has 3 amide bonds. The Labute approximate surface area is 250 Å². The van der Waals surface area contributed by atoms with Crippen LogP contribution in [-0.2, 0) is 19.1 Å². The number of halogens is 2. The number of unbranched alkanes of at least 4 members (excludes halogenated alkanes) is 3. The number of fused-ring (bicyclic) bond motifs is 1. The SMILES string of the molecule is C=CCN(C)C(=O)[C@H]1[C@@H]2OC3(CC2Br)C(C(=O)N(CC=C)c2c(C)cccc2Cl)N(CCCCCCO)C(=O)[C@H]13. The Kier molecular flexibility index (Phi) is 9.81. The van der Waals surface area contributed by atoms with Crippen molar-refractivity contribution < 1.29 is 24.2 Å². The molecular formula is C30H39BrClN3O5. The molecule has 3 heterocycles. The number of nitrogens with zero attached hydrogens (tertiary/aromatic N) is 3. The number of aliphatic hydroxyl groups excluding tert-OH is 1. The van der Waals surface area contributed by atoms with Crippen molar-refractivity contribution in [3.63, 3.8) is 0 Å². The van der Waals surface area contributed by atoms with E-state index in [-0.39, 0.29) is 35.7 Å². The predicted molar refractivity (Wildman–Crippen MR) is 160 cm³/mol. The minimum atomic E-state index is -1.15. The number of benzene rings is 1. The first-order valence-corrected chi connectivity index (χ1v) is 15.2. The third kappa shape index (κ3) is 5.26. The zero-order chi connectivity index (χ0) is 29.2. The highest BCUT2D eigenvalue weighted by atomic mass is 79.9. The summed E-state index contributed by atoms with van der Waals surface area (Å²) in [6.07, 6.45) is 6.18. The standard InChI is InChI=1S/C30H39BrClN3O5/c1-5-14-33(4)27(37)22-23-28(38)35(16-9-7-8-10-17-36)26(30(23)18-20(31)25(22)40-30)29(39)34(15-6-2)24-19(3)12-11-13-21(24)32/h5-6,11-13,20,22-23,25-26,36H,1-2,7-10,14-18H2,3-4H3/t20?,22-,23+,25-,26?,30?/m1/s1. The summed E-state index contributed by atoms with van der Waals surface area (Å²) in [6, 6.07) is 4.53. The summed E-state index contributed by atoms with van der Waals surface area (Å²) in [5, 5.41) is 9.60. The second-order valence-corrected chi connectivity index (χ2v) is 12.6. The maximum Gasteiger partial charge on any atom is 0.253 e. The van der Waals surface area contributed by atoms with E-state index in [1.807, 2.05) is 19.1 Å². The van der Waals surface area contributed by atoms with Gasteiger partial charge in [-0.25, -0.2) is 0 Å². The first kappa shape index (κ1) is 30.8. The minimum absolute atomic E-state index is 0.118. The van der Waals surface area contributed by atoms with Crippen LogP contribution < -0.4 is 4.90 Å². The lowest BCUT2D eigenvalue weighted by atomic mass is 9.70. The van der Waals surface area contributed by atoms with Gasteiger partial charge in [-0.2, -0.15) is 0 Å². The number of likely N-dealkylation sites (N-methyl/N-ethyl adjacent to an activating group) is 1. The molecule has 6 atom stereocenters. The van der Waals surface area contributed by atoms with Crippen molar-refractivity contribution in [2.24, 2.45) is 11.8 Å². The second kappa shape index (κ2) is 12.8. The van der Waals surface area contributed by atoms with Crippen molar-refractivity contribution >= 4 is 50.9 Å². The number of rotatable bonds is 13. The zero-order valence-electron chi connectivity index (χ0n) is 23.2. The molecule has 1 aromatic rings. The number of ether oxygens (including phenoxy) is 1. The highest BCUT2D eigenvalue weighted by Gasteiger charge is 2.76. The number of aryl methyl sites for hydroxylation is 1. The van der Waals surface area contributed by atoms with Gasteiger partial charge in [0, 0.05) is 38.1 Å². The van der Waals surface area contributed by atoms with E-state index in [4.69, 9.17) is 16.3 Å². The predicted octanol–water partition coefficient (Wildman–Crippen LogP) is 4.11. The quantitative estimate of drug-likeness (QED) is 0.200. The molecular weight excluding hydrogens is 598 g/mol. The number of carbonyl (C=O) groups is 3. The maximum atomic E-state index is 14.7. The van der Waals surface area contributed by atoms with E-state index < -0.39 is 29.6 Å². The number of para-hydroxylation sites is 1. The smallest absolute Gasteiger partial charge is 0.253 e. The van der Waals surface area contributed by atoms with Crippen molar-refractivity contribution in [1.82, 2.24) is 9.80 Å². The number of alkyl halides is 1. The van der Waals surface area contributed by atoms with Crippen LogP contribution in [0.5, 0.6) is 0 Å². The van der Waals surface area contributed by atoms with Gasteiger partial charge in [-0.05, 0) is 37.8 Å². The number of hydrogen-bond donors (Lipinski definition) is 1. The number of aliphatic hydroxyl groups is 1. The van der Waals surface area contributed by atoms with E-state index in [2.05, 4.69) is 29.1 Å². The Bertz CT molecular complexity index is 1140. The number of carbonyl (C=O) groups excluding carboxylic acids is 3. The van der Waals surface area contributed by atoms with Crippen molar-refractivity contribution in [3.05, 3.63) is 54.1 Å². The van der Waals surface area contributed by atoms with Gasteiger partial charge < -0.3 is 24.5 Å². The third-order valence-electron chi connectivity index (χ3n) is 8.43. The molecule has 40 heavy (non-hydrogen) atoms. The molecule has 3 saturated heterocycles. The van der Waals surface area contributed by atoms with Gasteiger partial charge in [-0.1, -0.05) is 64.7 Å². The lowest BCUT2D eigenvalue weighted by Gasteiger charge is -2.37. The van der Waals surface area contributed by atoms with E-state index in [0.717, 1.165) is 18.4 Å². The van der Waals surface area contributed by atoms with Crippen LogP contribution in [-0.4, -0.2) is 88.5 Å². The lowest BCUT2D eigenvalue weighted by molar-refractivity contribution is -0.144. The van der Waals surface area contributed by atoms with Gasteiger partial charge in [0.25, 0.3) is 5.91 Å².